The number of ether oxygens (including phenoxy) is 2. The summed E-state index contributed by atoms with van der Waals surface area (Å²) < 4.78 is 10.7. The summed E-state index contributed by atoms with van der Waals surface area (Å²) in [5.74, 6) is 1.46. The molecule has 228 valence electrons. The number of allylic oxidation sites excluding steroid dienone is 2. The van der Waals surface area contributed by atoms with E-state index in [-0.39, 0.29) is 30.3 Å². The highest BCUT2D eigenvalue weighted by atomic mass is 35.5. The Morgan fingerprint density at radius 2 is 1.93 bits per heavy atom. The van der Waals surface area contributed by atoms with Crippen LogP contribution in [0.3, 0.4) is 0 Å². The number of carbonyl (C=O) groups is 2. The van der Waals surface area contributed by atoms with E-state index in [1.165, 1.54) is 7.11 Å². The highest BCUT2D eigenvalue weighted by molar-refractivity contribution is 6.33. The number of nitrogens with one attached hydrogen (secondary N) is 1. The molecule has 2 aliphatic rings. The predicted octanol–water partition coefficient (Wildman–Crippen LogP) is 3.40. The lowest BCUT2D eigenvalue weighted by atomic mass is 9.72. The van der Waals surface area contributed by atoms with Crippen molar-refractivity contribution in [3.8, 4) is 17.1 Å². The summed E-state index contributed by atoms with van der Waals surface area (Å²) in [5, 5.41) is 13.4. The van der Waals surface area contributed by atoms with E-state index in [4.69, 9.17) is 36.8 Å². The largest absolute Gasteiger partial charge is 0.491 e. The molecule has 1 atom stereocenters. The Morgan fingerprint density at radius 3 is 2.52 bits per heavy atom. The number of anilines is 1. The molecule has 2 aromatic rings. The molecular formula is C30H41ClN6O5. The molecule has 0 aliphatic carbocycles. The molecule has 2 aliphatic heterocycles. The number of rotatable bonds is 10. The summed E-state index contributed by atoms with van der Waals surface area (Å²) in [5.41, 5.74) is 8.87. The summed E-state index contributed by atoms with van der Waals surface area (Å²) in [4.78, 5) is 38.8. The zero-order valence-electron chi connectivity index (χ0n) is 25.0. The van der Waals surface area contributed by atoms with Gasteiger partial charge in [0.05, 0.1) is 23.4 Å². The van der Waals surface area contributed by atoms with Gasteiger partial charge < -0.3 is 35.4 Å². The van der Waals surface area contributed by atoms with Gasteiger partial charge in [-0.05, 0) is 51.9 Å². The van der Waals surface area contributed by atoms with Gasteiger partial charge in [0, 0.05) is 61.4 Å². The van der Waals surface area contributed by atoms with E-state index in [9.17, 15) is 14.7 Å². The van der Waals surface area contributed by atoms with Gasteiger partial charge in [-0.25, -0.2) is 14.8 Å². The van der Waals surface area contributed by atoms with Crippen molar-refractivity contribution in [1.82, 2.24) is 20.2 Å². The molecule has 4 rings (SSSR count). The summed E-state index contributed by atoms with van der Waals surface area (Å²) in [6, 6.07) is 5.17. The van der Waals surface area contributed by atoms with Gasteiger partial charge in [0.25, 0.3) is 0 Å². The number of amides is 1. The first kappa shape index (κ1) is 31.5. The van der Waals surface area contributed by atoms with Gasteiger partial charge >= 0.3 is 6.09 Å². The first-order valence-corrected chi connectivity index (χ1v) is 14.6. The minimum atomic E-state index is -0.679. The number of aromatic nitrogens is 2. The van der Waals surface area contributed by atoms with Crippen LogP contribution >= 0.6 is 11.6 Å². The van der Waals surface area contributed by atoms with Crippen molar-refractivity contribution in [1.29, 1.82) is 0 Å². The normalized spacial score (nSPS) is 17.4. The zero-order chi connectivity index (χ0) is 30.6. The number of halogens is 1. The molecular weight excluding hydrogens is 560 g/mol. The Bertz CT molecular complexity index is 1350. The molecule has 1 amide bonds. The van der Waals surface area contributed by atoms with Gasteiger partial charge in [0.1, 0.15) is 24.3 Å². The first-order valence-electron chi connectivity index (χ1n) is 14.2. The number of nitrogens with two attached hydrogens (primary N) is 1. The fourth-order valence-corrected chi connectivity index (χ4v) is 5.87. The zero-order valence-corrected chi connectivity index (χ0v) is 25.8. The molecule has 11 nitrogen and oxygen atoms in total. The topological polar surface area (TPSA) is 143 Å². The van der Waals surface area contributed by atoms with Crippen LogP contribution in [0.1, 0.15) is 44.4 Å². The average Bonchev–Trinajstić information content (AvgIpc) is 2.96. The Hall–Kier alpha value is -3.41. The van der Waals surface area contributed by atoms with Crippen molar-refractivity contribution in [3.63, 3.8) is 0 Å². The van der Waals surface area contributed by atoms with Gasteiger partial charge in [-0.1, -0.05) is 18.5 Å². The quantitative estimate of drug-likeness (QED) is 0.347. The number of aliphatic hydroxyl groups is 1. The van der Waals surface area contributed by atoms with Crippen LogP contribution in [-0.2, 0) is 9.53 Å². The summed E-state index contributed by atoms with van der Waals surface area (Å²) >= 11 is 6.66. The lowest BCUT2D eigenvalue weighted by Gasteiger charge is -2.54. The lowest BCUT2D eigenvalue weighted by molar-refractivity contribution is -0.113. The van der Waals surface area contributed by atoms with E-state index in [0.29, 0.717) is 64.6 Å². The highest BCUT2D eigenvalue weighted by Crippen LogP contribution is 2.44. The number of hydrogen-bond acceptors (Lipinski definition) is 10. The third kappa shape index (κ3) is 6.63. The molecule has 0 radical (unpaired) electrons. The number of aliphatic hydroxyl groups excluding tert-OH is 1. The van der Waals surface area contributed by atoms with Crippen molar-refractivity contribution in [2.24, 2.45) is 11.1 Å². The SMILES string of the molecule is CCC(=O)C(=C(C)N)c1nc(-c2cc(OC[C@H](O)CNC)ccc2Cl)nc(N2CC3(CCN(C(=O)OC)CC3)C2)c1C. The number of piperidine rings is 1. The number of Topliss-reactive ketones (excluding diaryl/α,β-unsaturated/α-hetero) is 1. The number of benzene rings is 1. The van der Waals surface area contributed by atoms with E-state index in [0.717, 1.165) is 31.5 Å². The standard InChI is InChI=1S/C30H41ClN6O5/c1-6-24(39)25(19(3)32)26-18(2)28(37-16-30(17-37)9-11-36(12-10-30)29(40)41-5)35-27(34-26)22-13-21(7-8-23(22)31)42-15-20(38)14-33-4/h7-8,13,20,33,38H,6,9-12,14-17,32H2,1-5H3/t20-/m1/s1. The molecule has 4 N–H and O–H groups in total. The van der Waals surface area contributed by atoms with Crippen LogP contribution in [-0.4, -0.2) is 91.4 Å². The molecule has 1 spiro atoms. The van der Waals surface area contributed by atoms with E-state index >= 15 is 0 Å². The predicted molar refractivity (Wildman–Crippen MR) is 163 cm³/mol. The monoisotopic (exact) mass is 600 g/mol. The second-order valence-corrected chi connectivity index (χ2v) is 11.6. The molecule has 42 heavy (non-hydrogen) atoms. The Morgan fingerprint density at radius 1 is 1.24 bits per heavy atom. The molecule has 2 fully saturated rings. The number of likely N-dealkylation sites (N-methyl/N-ethyl adjacent to an activating group) is 1. The van der Waals surface area contributed by atoms with Crippen molar-refractivity contribution in [2.45, 2.75) is 46.1 Å². The number of carbonyl (C=O) groups excluding carboxylic acids is 2. The molecule has 12 heteroatoms. The Kier molecular flexibility index (Phi) is 9.96. The molecule has 3 heterocycles. The van der Waals surface area contributed by atoms with Gasteiger partial charge in [-0.3, -0.25) is 4.79 Å². The van der Waals surface area contributed by atoms with Crippen LogP contribution < -0.4 is 20.7 Å². The first-order chi connectivity index (χ1) is 20.0. The number of methoxy groups -OCH3 is 1. The number of nitrogens with zero attached hydrogens (tertiary/aromatic N) is 4. The van der Waals surface area contributed by atoms with Crippen LogP contribution in [0.25, 0.3) is 17.0 Å². The van der Waals surface area contributed by atoms with Crippen molar-refractivity contribution < 1.29 is 24.2 Å². The van der Waals surface area contributed by atoms with Crippen LogP contribution in [0.15, 0.2) is 23.9 Å². The van der Waals surface area contributed by atoms with Crippen LogP contribution in [0, 0.1) is 12.3 Å². The van der Waals surface area contributed by atoms with Crippen molar-refractivity contribution in [2.75, 3.05) is 58.4 Å². The van der Waals surface area contributed by atoms with Crippen LogP contribution in [0.4, 0.5) is 10.6 Å². The minimum Gasteiger partial charge on any atom is -0.491 e. The Labute approximate surface area is 252 Å². The van der Waals surface area contributed by atoms with Crippen molar-refractivity contribution in [3.05, 3.63) is 40.2 Å². The number of likely N-dealkylation sites (tertiary alicyclic amines) is 1. The maximum atomic E-state index is 13.1. The lowest BCUT2D eigenvalue weighted by Crippen LogP contribution is -2.61. The van der Waals surface area contributed by atoms with Crippen LogP contribution in [0.5, 0.6) is 5.75 Å². The maximum Gasteiger partial charge on any atom is 0.409 e. The number of hydrogen-bond donors (Lipinski definition) is 3. The highest BCUT2D eigenvalue weighted by Gasteiger charge is 2.47. The summed E-state index contributed by atoms with van der Waals surface area (Å²) in [6.07, 6.45) is 1.05. The van der Waals surface area contributed by atoms with E-state index in [2.05, 4.69) is 10.2 Å². The fourth-order valence-electron chi connectivity index (χ4n) is 5.67. The summed E-state index contributed by atoms with van der Waals surface area (Å²) in [7, 11) is 3.16. The third-order valence-electron chi connectivity index (χ3n) is 8.02. The average molecular weight is 601 g/mol. The van der Waals surface area contributed by atoms with E-state index in [1.54, 1.807) is 44.0 Å². The van der Waals surface area contributed by atoms with Gasteiger partial charge in [0.15, 0.2) is 11.6 Å². The molecule has 2 saturated heterocycles. The molecule has 0 unspecified atom stereocenters. The third-order valence-corrected chi connectivity index (χ3v) is 8.35. The second kappa shape index (κ2) is 13.3. The van der Waals surface area contributed by atoms with E-state index in [1.807, 2.05) is 6.92 Å². The van der Waals surface area contributed by atoms with Crippen LogP contribution in [0.2, 0.25) is 5.02 Å². The maximum absolute atomic E-state index is 13.1. The molecule has 1 aromatic carbocycles. The molecule has 0 saturated carbocycles. The molecule has 0 bridgehead atoms. The fraction of sp³-hybridized carbons (Fsp3) is 0.533. The smallest absolute Gasteiger partial charge is 0.409 e. The molecule has 1 aromatic heterocycles. The van der Waals surface area contributed by atoms with Gasteiger partial charge in [-0.2, -0.15) is 0 Å². The second-order valence-electron chi connectivity index (χ2n) is 11.2. The van der Waals surface area contributed by atoms with Gasteiger partial charge in [0.2, 0.25) is 0 Å². The number of ketones is 1. The Balaban J connectivity index is 1.71. The van der Waals surface area contributed by atoms with E-state index < -0.39 is 6.10 Å². The summed E-state index contributed by atoms with van der Waals surface area (Å²) in [6.45, 7) is 8.73. The van der Waals surface area contributed by atoms with Gasteiger partial charge in [-0.15, -0.1) is 0 Å². The van der Waals surface area contributed by atoms with Crippen molar-refractivity contribution >= 4 is 34.9 Å². The minimum absolute atomic E-state index is 0.0729.